The maximum absolute atomic E-state index is 5.83. The van der Waals surface area contributed by atoms with Crippen molar-refractivity contribution in [3.63, 3.8) is 0 Å². The third-order valence-electron chi connectivity index (χ3n) is 1.55. The first kappa shape index (κ1) is 8.60. The van der Waals surface area contributed by atoms with Gasteiger partial charge in [-0.3, -0.25) is 0 Å². The van der Waals surface area contributed by atoms with E-state index in [2.05, 4.69) is 11.3 Å². The molecule has 1 aromatic carbocycles. The number of nitrogens with zero attached hydrogens (tertiary/aromatic N) is 2. The third-order valence-corrected chi connectivity index (χ3v) is 1.98. The molecule has 0 aliphatic heterocycles. The summed E-state index contributed by atoms with van der Waals surface area (Å²) in [5, 5.41) is 5.19. The van der Waals surface area contributed by atoms with Crippen LogP contribution in [0, 0.1) is 6.20 Å². The van der Waals surface area contributed by atoms with Gasteiger partial charge < -0.3 is 0 Å². The Labute approximate surface area is 85.7 Å². The molecule has 2 aromatic rings. The number of hydrogen-bond donors (Lipinski definition) is 0. The molecule has 1 aromatic heterocycles. The molecule has 0 fully saturated rings. The van der Waals surface area contributed by atoms with Gasteiger partial charge >= 0.3 is 0 Å². The first-order valence-corrected chi connectivity index (χ1v) is 4.39. The summed E-state index contributed by atoms with van der Waals surface area (Å²) in [6, 6.07) is 6.94. The molecule has 0 bridgehead atoms. The summed E-state index contributed by atoms with van der Waals surface area (Å²) in [6.07, 6.45) is 4.54. The monoisotopic (exact) mass is 211 g/mol. The van der Waals surface area contributed by atoms with E-state index in [9.17, 15) is 0 Å². The second-order valence-corrected chi connectivity index (χ2v) is 3.37. The molecule has 1 heterocycles. The lowest BCUT2D eigenvalue weighted by molar-refractivity contribution is 0.874. The number of rotatable bonds is 1. The van der Waals surface area contributed by atoms with Crippen LogP contribution in [0.15, 0.2) is 30.5 Å². The summed E-state index contributed by atoms with van der Waals surface area (Å²) in [5.41, 5.74) is 0.808. The molecule has 65 valence electrons. The summed E-state index contributed by atoms with van der Waals surface area (Å²) in [5.74, 6) is 0. The van der Waals surface area contributed by atoms with Gasteiger partial charge in [0.15, 0.2) is 0 Å². The van der Waals surface area contributed by atoms with Crippen LogP contribution in [0.1, 0.15) is 0 Å². The van der Waals surface area contributed by atoms with E-state index in [0.717, 1.165) is 5.69 Å². The summed E-state index contributed by atoms with van der Waals surface area (Å²) >= 11 is 11.7. The Bertz CT molecular complexity index is 389. The van der Waals surface area contributed by atoms with Crippen molar-refractivity contribution >= 4 is 23.2 Å². The topological polar surface area (TPSA) is 17.8 Å². The highest BCUT2D eigenvalue weighted by molar-refractivity contribution is 6.34. The van der Waals surface area contributed by atoms with Crippen molar-refractivity contribution in [1.29, 1.82) is 0 Å². The van der Waals surface area contributed by atoms with Crippen LogP contribution in [0.5, 0.6) is 0 Å². The van der Waals surface area contributed by atoms with Crippen molar-refractivity contribution in [1.82, 2.24) is 9.78 Å². The van der Waals surface area contributed by atoms with Gasteiger partial charge in [-0.1, -0.05) is 23.2 Å². The molecular weight excluding hydrogens is 207 g/mol. The van der Waals surface area contributed by atoms with Crippen molar-refractivity contribution in [3.05, 3.63) is 46.7 Å². The summed E-state index contributed by atoms with van der Waals surface area (Å²) in [7, 11) is 0. The lowest BCUT2D eigenvalue weighted by Gasteiger charge is -2.01. The molecule has 2 rings (SSSR count). The lowest BCUT2D eigenvalue weighted by Crippen LogP contribution is -1.93. The fourth-order valence-electron chi connectivity index (χ4n) is 1.04. The SMILES string of the molecule is Clc1cc(Cl)cc(-n2[c]ccn2)c1. The minimum Gasteiger partial charge on any atom is -0.231 e. The van der Waals surface area contributed by atoms with Crippen LogP contribution in [0.4, 0.5) is 0 Å². The van der Waals surface area contributed by atoms with E-state index >= 15 is 0 Å². The van der Waals surface area contributed by atoms with Gasteiger partial charge in [0.1, 0.15) is 0 Å². The van der Waals surface area contributed by atoms with Gasteiger partial charge in [0, 0.05) is 10.0 Å². The van der Waals surface area contributed by atoms with E-state index in [0.29, 0.717) is 10.0 Å². The van der Waals surface area contributed by atoms with Crippen LogP contribution < -0.4 is 0 Å². The van der Waals surface area contributed by atoms with Crippen LogP contribution in [0.3, 0.4) is 0 Å². The Morgan fingerprint density at radius 3 is 2.38 bits per heavy atom. The van der Waals surface area contributed by atoms with Gasteiger partial charge in [0.2, 0.25) is 0 Å². The van der Waals surface area contributed by atoms with Gasteiger partial charge in [0.25, 0.3) is 0 Å². The van der Waals surface area contributed by atoms with Crippen LogP contribution in [0.25, 0.3) is 5.69 Å². The van der Waals surface area contributed by atoms with E-state index in [1.807, 2.05) is 0 Å². The van der Waals surface area contributed by atoms with E-state index in [-0.39, 0.29) is 0 Å². The van der Waals surface area contributed by atoms with Crippen molar-refractivity contribution in [3.8, 4) is 5.69 Å². The Morgan fingerprint density at radius 1 is 1.15 bits per heavy atom. The van der Waals surface area contributed by atoms with Crippen LogP contribution in [-0.4, -0.2) is 9.78 Å². The quantitative estimate of drug-likeness (QED) is 0.710. The summed E-state index contributed by atoms with van der Waals surface area (Å²) in [6.45, 7) is 0. The van der Waals surface area contributed by atoms with Crippen LogP contribution in [0.2, 0.25) is 10.0 Å². The Morgan fingerprint density at radius 2 is 1.85 bits per heavy atom. The molecule has 0 aliphatic carbocycles. The first-order valence-electron chi connectivity index (χ1n) is 3.64. The van der Waals surface area contributed by atoms with Crippen molar-refractivity contribution < 1.29 is 0 Å². The second-order valence-electron chi connectivity index (χ2n) is 2.50. The fraction of sp³-hybridized carbons (Fsp3) is 0. The van der Waals surface area contributed by atoms with Gasteiger partial charge in [-0.05, 0) is 24.3 Å². The van der Waals surface area contributed by atoms with Crippen molar-refractivity contribution in [2.24, 2.45) is 0 Å². The molecule has 0 saturated heterocycles. The van der Waals surface area contributed by atoms with Crippen LogP contribution >= 0.6 is 23.2 Å². The van der Waals surface area contributed by atoms with E-state index < -0.39 is 0 Å². The molecule has 0 saturated carbocycles. The molecule has 13 heavy (non-hydrogen) atoms. The predicted molar refractivity (Wildman–Crippen MR) is 52.4 cm³/mol. The zero-order valence-corrected chi connectivity index (χ0v) is 8.05. The standard InChI is InChI=1S/C9H5Cl2N2/c10-7-4-8(11)6-9(5-7)13-3-1-2-12-13/h1-2,4-6H. The van der Waals surface area contributed by atoms with E-state index in [1.165, 1.54) is 0 Å². The lowest BCUT2D eigenvalue weighted by atomic mass is 10.3. The molecule has 0 amide bonds. The van der Waals surface area contributed by atoms with Gasteiger partial charge in [-0.25, -0.2) is 4.68 Å². The Kier molecular flexibility index (Phi) is 2.25. The van der Waals surface area contributed by atoms with Gasteiger partial charge in [0.05, 0.1) is 18.1 Å². The molecule has 0 aliphatic rings. The predicted octanol–water partition coefficient (Wildman–Crippen LogP) is 2.98. The maximum atomic E-state index is 5.83. The minimum atomic E-state index is 0.589. The molecule has 0 spiro atoms. The number of aromatic nitrogens is 2. The largest absolute Gasteiger partial charge is 0.231 e. The molecule has 2 nitrogen and oxygen atoms in total. The zero-order valence-electron chi connectivity index (χ0n) is 6.54. The highest BCUT2D eigenvalue weighted by atomic mass is 35.5. The van der Waals surface area contributed by atoms with E-state index in [1.54, 1.807) is 35.1 Å². The number of benzene rings is 1. The highest BCUT2D eigenvalue weighted by Gasteiger charge is 1.99. The molecule has 0 unspecified atom stereocenters. The smallest absolute Gasteiger partial charge is 0.0926 e. The first-order chi connectivity index (χ1) is 6.25. The number of hydrogen-bond acceptors (Lipinski definition) is 1. The van der Waals surface area contributed by atoms with Crippen molar-refractivity contribution in [2.75, 3.05) is 0 Å². The van der Waals surface area contributed by atoms with Gasteiger partial charge in [-0.2, -0.15) is 5.10 Å². The average molecular weight is 212 g/mol. The summed E-state index contributed by atoms with van der Waals surface area (Å²) < 4.78 is 1.58. The highest BCUT2D eigenvalue weighted by Crippen LogP contribution is 2.20. The molecule has 4 heteroatoms. The van der Waals surface area contributed by atoms with Crippen molar-refractivity contribution in [2.45, 2.75) is 0 Å². The minimum absolute atomic E-state index is 0.589. The van der Waals surface area contributed by atoms with E-state index in [4.69, 9.17) is 23.2 Å². The van der Waals surface area contributed by atoms with Gasteiger partial charge in [-0.15, -0.1) is 0 Å². The van der Waals surface area contributed by atoms with Crippen LogP contribution in [-0.2, 0) is 0 Å². The molecule has 0 N–H and O–H groups in total. The second kappa shape index (κ2) is 3.40. The number of halogens is 2. The summed E-state index contributed by atoms with van der Waals surface area (Å²) in [4.78, 5) is 0. The Balaban J connectivity index is 2.53. The fourth-order valence-corrected chi connectivity index (χ4v) is 1.55. The third kappa shape index (κ3) is 1.85. The molecule has 1 radical (unpaired) electrons. The Hall–Kier alpha value is -0.990. The normalized spacial score (nSPS) is 10.3. The maximum Gasteiger partial charge on any atom is 0.0926 e. The molecule has 0 atom stereocenters. The average Bonchev–Trinajstić information content (AvgIpc) is 2.53. The zero-order chi connectivity index (χ0) is 9.26. The molecular formula is C9H5Cl2N2.